The topological polar surface area (TPSA) is 92.3 Å². The molecule has 0 bridgehead atoms. The Morgan fingerprint density at radius 2 is 1.62 bits per heavy atom. The number of carbonyl (C=O) groups is 2. The second-order valence-electron chi connectivity index (χ2n) is 9.77. The average molecular weight is 449 g/mol. The molecule has 1 heterocycles. The van der Waals surface area contributed by atoms with Crippen molar-refractivity contribution in [3.8, 4) is 0 Å². The zero-order valence-electron chi connectivity index (χ0n) is 20.4. The van der Waals surface area contributed by atoms with E-state index in [0.29, 0.717) is 0 Å². The molecule has 1 atom stereocenters. The van der Waals surface area contributed by atoms with Crippen molar-refractivity contribution >= 4 is 24.6 Å². The number of carbonyl (C=O) groups excluding carboxylic acids is 2. The minimum Gasteiger partial charge on any atom is -0.464 e. The number of benzene rings is 1. The van der Waals surface area contributed by atoms with Crippen LogP contribution in [0.5, 0.6) is 0 Å². The molecule has 0 saturated carbocycles. The van der Waals surface area contributed by atoms with Crippen molar-refractivity contribution in [3.05, 3.63) is 29.8 Å². The van der Waals surface area contributed by atoms with E-state index in [4.69, 9.17) is 23.5 Å². The molecular weight excluding hydrogens is 413 g/mol. The summed E-state index contributed by atoms with van der Waals surface area (Å²) < 4.78 is 27.9. The molecular formula is C23H36BNO7. The van der Waals surface area contributed by atoms with Crippen molar-refractivity contribution in [1.82, 2.24) is 5.32 Å². The standard InChI is InChI=1S/C23H36BNO7/c1-9-29-19(26)15-28-14-18(25-20(27)30-21(2,3)4)16-10-12-17(13-11-16)24-31-22(5,6)23(7,8)32-24/h10-13,18H,9,14-15H2,1-8H3,(H,25,27). The molecule has 1 fully saturated rings. The fourth-order valence-electron chi connectivity index (χ4n) is 3.00. The van der Waals surface area contributed by atoms with Crippen LogP contribution in [0, 0.1) is 0 Å². The summed E-state index contributed by atoms with van der Waals surface area (Å²) in [5, 5.41) is 2.81. The van der Waals surface area contributed by atoms with Gasteiger partial charge in [0.05, 0.1) is 30.5 Å². The van der Waals surface area contributed by atoms with E-state index in [-0.39, 0.29) is 19.8 Å². The van der Waals surface area contributed by atoms with E-state index in [1.807, 2.05) is 52.0 Å². The van der Waals surface area contributed by atoms with E-state index in [9.17, 15) is 9.59 Å². The number of nitrogens with one attached hydrogen (secondary N) is 1. The monoisotopic (exact) mass is 449 g/mol. The molecule has 1 aliphatic rings. The van der Waals surface area contributed by atoms with Gasteiger partial charge in [-0.3, -0.25) is 0 Å². The molecule has 2 rings (SSSR count). The molecule has 178 valence electrons. The second-order valence-corrected chi connectivity index (χ2v) is 9.77. The highest BCUT2D eigenvalue weighted by atomic mass is 16.7. The molecule has 1 aromatic rings. The highest BCUT2D eigenvalue weighted by Gasteiger charge is 2.51. The molecule has 0 spiro atoms. The molecule has 9 heteroatoms. The van der Waals surface area contributed by atoms with E-state index < -0.39 is 42.0 Å². The van der Waals surface area contributed by atoms with Crippen molar-refractivity contribution in [3.63, 3.8) is 0 Å². The van der Waals surface area contributed by atoms with Crippen LogP contribution < -0.4 is 10.8 Å². The van der Waals surface area contributed by atoms with Gasteiger partial charge in [-0.1, -0.05) is 24.3 Å². The van der Waals surface area contributed by atoms with E-state index in [2.05, 4.69) is 5.32 Å². The van der Waals surface area contributed by atoms with Gasteiger partial charge in [-0.05, 0) is 66.4 Å². The van der Waals surface area contributed by atoms with E-state index in [1.165, 1.54) is 0 Å². The highest BCUT2D eigenvalue weighted by Crippen LogP contribution is 2.36. The number of amides is 1. The Kier molecular flexibility index (Phi) is 8.36. The quantitative estimate of drug-likeness (QED) is 0.482. The molecule has 1 aromatic carbocycles. The maximum Gasteiger partial charge on any atom is 0.494 e. The zero-order valence-corrected chi connectivity index (χ0v) is 20.4. The van der Waals surface area contributed by atoms with Crippen LogP contribution >= 0.6 is 0 Å². The molecule has 0 aromatic heterocycles. The summed E-state index contributed by atoms with van der Waals surface area (Å²) in [6.07, 6.45) is -0.572. The van der Waals surface area contributed by atoms with Crippen LogP contribution in [0.4, 0.5) is 4.79 Å². The van der Waals surface area contributed by atoms with Gasteiger partial charge >= 0.3 is 19.2 Å². The average Bonchev–Trinajstić information content (AvgIpc) is 2.87. The summed E-state index contributed by atoms with van der Waals surface area (Å²) in [6.45, 7) is 15.3. The van der Waals surface area contributed by atoms with E-state index in [0.717, 1.165) is 11.0 Å². The fraction of sp³-hybridized carbons (Fsp3) is 0.652. The van der Waals surface area contributed by atoms with Gasteiger partial charge in [0.15, 0.2) is 0 Å². The number of hydrogen-bond acceptors (Lipinski definition) is 7. The van der Waals surface area contributed by atoms with E-state index >= 15 is 0 Å². The van der Waals surface area contributed by atoms with Crippen LogP contribution in [0.3, 0.4) is 0 Å². The van der Waals surface area contributed by atoms with Crippen molar-refractivity contribution in [2.24, 2.45) is 0 Å². The smallest absolute Gasteiger partial charge is 0.464 e. The first-order chi connectivity index (χ1) is 14.7. The third kappa shape index (κ3) is 7.22. The van der Waals surface area contributed by atoms with Gasteiger partial charge in [0.1, 0.15) is 12.2 Å². The summed E-state index contributed by atoms with van der Waals surface area (Å²) >= 11 is 0. The minimum absolute atomic E-state index is 0.0773. The first kappa shape index (κ1) is 26.2. The second kappa shape index (κ2) is 10.2. The number of ether oxygens (including phenoxy) is 3. The lowest BCUT2D eigenvalue weighted by Gasteiger charge is -2.32. The van der Waals surface area contributed by atoms with Gasteiger partial charge in [0.2, 0.25) is 0 Å². The van der Waals surface area contributed by atoms with Crippen molar-refractivity contribution in [2.75, 3.05) is 19.8 Å². The van der Waals surface area contributed by atoms with Gasteiger partial charge in [0.25, 0.3) is 0 Å². The van der Waals surface area contributed by atoms with E-state index in [1.54, 1.807) is 27.7 Å². The minimum atomic E-state index is -0.638. The van der Waals surface area contributed by atoms with Crippen molar-refractivity contribution in [1.29, 1.82) is 0 Å². The molecule has 1 amide bonds. The lowest BCUT2D eigenvalue weighted by Crippen LogP contribution is -2.41. The van der Waals surface area contributed by atoms with Gasteiger partial charge in [-0.15, -0.1) is 0 Å². The van der Waals surface area contributed by atoms with Crippen LogP contribution in [0.1, 0.15) is 67.0 Å². The molecule has 8 nitrogen and oxygen atoms in total. The maximum absolute atomic E-state index is 12.3. The lowest BCUT2D eigenvalue weighted by molar-refractivity contribution is -0.148. The highest BCUT2D eigenvalue weighted by molar-refractivity contribution is 6.62. The number of rotatable bonds is 8. The van der Waals surface area contributed by atoms with Crippen molar-refractivity contribution < 1.29 is 33.1 Å². The third-order valence-electron chi connectivity index (χ3n) is 5.36. The summed E-state index contributed by atoms with van der Waals surface area (Å²) in [7, 11) is -0.480. The Morgan fingerprint density at radius 3 is 2.12 bits per heavy atom. The van der Waals surface area contributed by atoms with Crippen LogP contribution in [0.25, 0.3) is 0 Å². The molecule has 32 heavy (non-hydrogen) atoms. The Bertz CT molecular complexity index is 771. The lowest BCUT2D eigenvalue weighted by atomic mass is 9.78. The van der Waals surface area contributed by atoms with Crippen LogP contribution in [-0.4, -0.2) is 55.8 Å². The summed E-state index contributed by atoms with van der Waals surface area (Å²) in [5.41, 5.74) is 0.160. The summed E-state index contributed by atoms with van der Waals surface area (Å²) in [4.78, 5) is 23.9. The largest absolute Gasteiger partial charge is 0.494 e. The van der Waals surface area contributed by atoms with Crippen LogP contribution in [0.2, 0.25) is 0 Å². The molecule has 1 N–H and O–H groups in total. The third-order valence-corrected chi connectivity index (χ3v) is 5.36. The van der Waals surface area contributed by atoms with Gasteiger partial charge in [-0.2, -0.15) is 0 Å². The Balaban J connectivity index is 2.12. The normalized spacial score (nSPS) is 18.2. The van der Waals surface area contributed by atoms with Crippen molar-refractivity contribution in [2.45, 2.75) is 78.2 Å². The van der Waals surface area contributed by atoms with Gasteiger partial charge in [-0.25, -0.2) is 9.59 Å². The number of esters is 1. The Morgan fingerprint density at radius 1 is 1.06 bits per heavy atom. The van der Waals surface area contributed by atoms with Crippen LogP contribution in [-0.2, 0) is 28.3 Å². The molecule has 1 aliphatic heterocycles. The molecule has 1 unspecified atom stereocenters. The summed E-state index contributed by atoms with van der Waals surface area (Å²) in [6, 6.07) is 7.01. The Labute approximate surface area is 191 Å². The fourth-order valence-corrected chi connectivity index (χ4v) is 3.00. The zero-order chi connectivity index (χ0) is 24.2. The maximum atomic E-state index is 12.3. The van der Waals surface area contributed by atoms with Crippen LogP contribution in [0.15, 0.2) is 24.3 Å². The summed E-state index contributed by atoms with van der Waals surface area (Å²) in [5.74, 6) is -0.459. The first-order valence-electron chi connectivity index (χ1n) is 10.9. The Hall–Kier alpha value is -2.10. The predicted molar refractivity (Wildman–Crippen MR) is 122 cm³/mol. The molecule has 1 saturated heterocycles. The molecule has 0 radical (unpaired) electrons. The number of hydrogen-bond donors (Lipinski definition) is 1. The first-order valence-corrected chi connectivity index (χ1v) is 10.9. The van der Waals surface area contributed by atoms with Gasteiger partial charge < -0.3 is 28.8 Å². The van der Waals surface area contributed by atoms with Gasteiger partial charge in [0, 0.05) is 0 Å². The SMILES string of the molecule is CCOC(=O)COCC(NC(=O)OC(C)(C)C)c1ccc(B2OC(C)(C)C(C)(C)O2)cc1. The number of alkyl carbamates (subject to hydrolysis) is 1. The predicted octanol–water partition coefficient (Wildman–Crippen LogP) is 3.13. The molecule has 0 aliphatic carbocycles.